The zero-order chi connectivity index (χ0) is 28.5. The number of rotatable bonds is 7. The highest BCUT2D eigenvalue weighted by Gasteiger charge is 2.37. The summed E-state index contributed by atoms with van der Waals surface area (Å²) in [7, 11) is 1.30. The Morgan fingerprint density at radius 2 is 1.83 bits per heavy atom. The summed E-state index contributed by atoms with van der Waals surface area (Å²) in [5.74, 6) is 0.549. The molecule has 2 aromatic carbocycles. The van der Waals surface area contributed by atoms with Crippen LogP contribution in [0.15, 0.2) is 72.4 Å². The highest BCUT2D eigenvalue weighted by atomic mass is 32.1. The van der Waals surface area contributed by atoms with E-state index in [1.807, 2.05) is 43.1 Å². The summed E-state index contributed by atoms with van der Waals surface area (Å²) in [5.41, 5.74) is 6.14. The molecule has 0 saturated carbocycles. The molecule has 10 heteroatoms. The molecule has 4 heterocycles. The monoisotopic (exact) mass is 568 g/mol. The van der Waals surface area contributed by atoms with Crippen molar-refractivity contribution in [2.75, 3.05) is 13.7 Å². The van der Waals surface area contributed by atoms with Crippen molar-refractivity contribution in [3.8, 4) is 33.8 Å². The normalized spacial score (nSPS) is 15.9. The molecule has 5 aromatic rings. The van der Waals surface area contributed by atoms with E-state index in [2.05, 4.69) is 67.7 Å². The Bertz CT molecular complexity index is 1670. The third-order valence-electron chi connectivity index (χ3n) is 7.61. The van der Waals surface area contributed by atoms with E-state index < -0.39 is 12.1 Å². The number of nitrogens with zero attached hydrogens (tertiary/aromatic N) is 4. The fourth-order valence-corrected chi connectivity index (χ4v) is 6.29. The van der Waals surface area contributed by atoms with Crippen molar-refractivity contribution in [1.82, 2.24) is 29.6 Å². The van der Waals surface area contributed by atoms with E-state index in [9.17, 15) is 9.59 Å². The number of thiazole rings is 1. The van der Waals surface area contributed by atoms with Crippen molar-refractivity contribution in [3.05, 3.63) is 78.2 Å². The van der Waals surface area contributed by atoms with Crippen molar-refractivity contribution < 1.29 is 14.3 Å². The first kappa shape index (κ1) is 26.8. The summed E-state index contributed by atoms with van der Waals surface area (Å²) < 4.78 is 6.88. The summed E-state index contributed by atoms with van der Waals surface area (Å²) in [6.07, 6.45) is 4.98. The van der Waals surface area contributed by atoms with Crippen molar-refractivity contribution in [2.45, 2.75) is 38.8 Å². The molecule has 1 saturated heterocycles. The molecule has 0 radical (unpaired) electrons. The standard InChI is InChI=1S/C31H32N6O3S/c1-19(2)27(35-31(39)40-3)29(38)36-15-7-10-25(36)28-32-16-23(33-28)20-11-13-21(14-12-20)24-17-37-26(18-41-30(37)34-24)22-8-5-4-6-9-22/h4-6,8-9,11-14,16-19,25,27H,7,10,15H2,1-3H3,(H,32,33)(H,35,39)/t25?,27-/m0/s1. The van der Waals surface area contributed by atoms with Gasteiger partial charge in [-0.05, 0) is 29.9 Å². The van der Waals surface area contributed by atoms with Crippen molar-refractivity contribution in [3.63, 3.8) is 0 Å². The number of fused-ring (bicyclic) bond motifs is 1. The van der Waals surface area contributed by atoms with E-state index in [0.717, 1.165) is 57.4 Å². The number of benzene rings is 2. The van der Waals surface area contributed by atoms with Crippen LogP contribution in [0.25, 0.3) is 38.7 Å². The van der Waals surface area contributed by atoms with Gasteiger partial charge in [0.25, 0.3) is 0 Å². The Labute approximate surface area is 242 Å². The van der Waals surface area contributed by atoms with Crippen molar-refractivity contribution >= 4 is 28.3 Å². The van der Waals surface area contributed by atoms with E-state index in [1.54, 1.807) is 11.3 Å². The summed E-state index contributed by atoms with van der Waals surface area (Å²) in [5, 5.41) is 4.83. The van der Waals surface area contributed by atoms with Gasteiger partial charge >= 0.3 is 6.09 Å². The van der Waals surface area contributed by atoms with Gasteiger partial charge in [-0.15, -0.1) is 11.3 Å². The van der Waals surface area contributed by atoms with Crippen LogP contribution in [0.5, 0.6) is 0 Å². The zero-order valence-corrected chi connectivity index (χ0v) is 24.0. The maximum Gasteiger partial charge on any atom is 0.407 e. The minimum atomic E-state index is -0.660. The number of carbonyl (C=O) groups is 2. The van der Waals surface area contributed by atoms with E-state index in [-0.39, 0.29) is 17.9 Å². The Morgan fingerprint density at radius 1 is 1.07 bits per heavy atom. The maximum atomic E-state index is 13.4. The first-order valence-electron chi connectivity index (χ1n) is 13.8. The predicted octanol–water partition coefficient (Wildman–Crippen LogP) is 6.16. The van der Waals surface area contributed by atoms with Gasteiger partial charge in [0, 0.05) is 23.7 Å². The van der Waals surface area contributed by atoms with Crippen LogP contribution in [0.4, 0.5) is 4.79 Å². The number of likely N-dealkylation sites (tertiary alicyclic amines) is 1. The third kappa shape index (κ3) is 5.22. The molecule has 1 aliphatic rings. The van der Waals surface area contributed by atoms with E-state index in [4.69, 9.17) is 9.72 Å². The third-order valence-corrected chi connectivity index (χ3v) is 8.45. The van der Waals surface area contributed by atoms with E-state index >= 15 is 0 Å². The van der Waals surface area contributed by atoms with Crippen LogP contribution in [0, 0.1) is 5.92 Å². The molecule has 1 unspecified atom stereocenters. The van der Waals surface area contributed by atoms with E-state index in [0.29, 0.717) is 6.54 Å². The number of amides is 2. The molecule has 3 aromatic heterocycles. The average molecular weight is 569 g/mol. The SMILES string of the molecule is COC(=O)N[C@H](C(=O)N1CCCC1c1ncc(-c2ccc(-c3cn4c(-c5ccccc5)csc4n3)cc2)[nH]1)C(C)C. The number of aromatic nitrogens is 4. The smallest absolute Gasteiger partial charge is 0.407 e. The van der Waals surface area contributed by atoms with Gasteiger partial charge < -0.3 is 19.9 Å². The first-order valence-corrected chi connectivity index (χ1v) is 14.6. The molecule has 1 aliphatic heterocycles. The van der Waals surface area contributed by atoms with Gasteiger partial charge in [-0.1, -0.05) is 68.4 Å². The van der Waals surface area contributed by atoms with Crippen LogP contribution >= 0.6 is 11.3 Å². The van der Waals surface area contributed by atoms with Gasteiger partial charge in [-0.25, -0.2) is 14.8 Å². The van der Waals surface area contributed by atoms with Gasteiger partial charge in [0.15, 0.2) is 4.96 Å². The number of hydrogen-bond donors (Lipinski definition) is 2. The highest BCUT2D eigenvalue weighted by Crippen LogP contribution is 2.34. The highest BCUT2D eigenvalue weighted by molar-refractivity contribution is 7.15. The molecule has 6 rings (SSSR count). The lowest BCUT2D eigenvalue weighted by Crippen LogP contribution is -2.51. The summed E-state index contributed by atoms with van der Waals surface area (Å²) >= 11 is 1.63. The zero-order valence-electron chi connectivity index (χ0n) is 23.2. The van der Waals surface area contributed by atoms with Crippen LogP contribution in [-0.2, 0) is 9.53 Å². The maximum absolute atomic E-state index is 13.4. The molecule has 2 atom stereocenters. The minimum Gasteiger partial charge on any atom is -0.453 e. The molecule has 2 N–H and O–H groups in total. The van der Waals surface area contributed by atoms with Crippen LogP contribution in [0.3, 0.4) is 0 Å². The molecule has 0 spiro atoms. The predicted molar refractivity (Wildman–Crippen MR) is 159 cm³/mol. The Morgan fingerprint density at radius 3 is 2.56 bits per heavy atom. The van der Waals surface area contributed by atoms with Crippen LogP contribution < -0.4 is 5.32 Å². The summed E-state index contributed by atoms with van der Waals surface area (Å²) in [6.45, 7) is 4.44. The van der Waals surface area contributed by atoms with Crippen LogP contribution in [0.1, 0.15) is 38.6 Å². The van der Waals surface area contributed by atoms with Crippen molar-refractivity contribution in [1.29, 1.82) is 0 Å². The molecular weight excluding hydrogens is 536 g/mol. The van der Waals surface area contributed by atoms with Crippen molar-refractivity contribution in [2.24, 2.45) is 5.92 Å². The fraction of sp³-hybridized carbons (Fsp3) is 0.290. The second kappa shape index (κ2) is 11.2. The molecule has 0 aliphatic carbocycles. The number of hydrogen-bond acceptors (Lipinski definition) is 6. The molecule has 1 fully saturated rings. The number of ether oxygens (including phenoxy) is 1. The summed E-state index contributed by atoms with van der Waals surface area (Å²) in [6, 6.07) is 17.8. The van der Waals surface area contributed by atoms with Gasteiger partial charge in [-0.2, -0.15) is 0 Å². The number of imidazole rings is 2. The topological polar surface area (TPSA) is 105 Å². The number of alkyl carbamates (subject to hydrolysis) is 1. The Hall–Kier alpha value is -4.44. The van der Waals surface area contributed by atoms with Gasteiger partial charge in [-0.3, -0.25) is 9.20 Å². The molecule has 2 amide bonds. The number of nitrogens with one attached hydrogen (secondary N) is 2. The van der Waals surface area contributed by atoms with Gasteiger partial charge in [0.2, 0.25) is 5.91 Å². The minimum absolute atomic E-state index is 0.0791. The summed E-state index contributed by atoms with van der Waals surface area (Å²) in [4.78, 5) is 41.0. The van der Waals surface area contributed by atoms with Crippen LogP contribution in [0.2, 0.25) is 0 Å². The molecule has 41 heavy (non-hydrogen) atoms. The lowest BCUT2D eigenvalue weighted by molar-refractivity contribution is -0.135. The van der Waals surface area contributed by atoms with Gasteiger partial charge in [0.05, 0.1) is 36.4 Å². The largest absolute Gasteiger partial charge is 0.453 e. The Kier molecular flexibility index (Phi) is 7.32. The number of aromatic amines is 1. The molecule has 210 valence electrons. The van der Waals surface area contributed by atoms with Gasteiger partial charge in [0.1, 0.15) is 11.9 Å². The first-order chi connectivity index (χ1) is 19.9. The lowest BCUT2D eigenvalue weighted by Gasteiger charge is -2.30. The Balaban J connectivity index is 1.19. The second-order valence-corrected chi connectivity index (χ2v) is 11.4. The lowest BCUT2D eigenvalue weighted by atomic mass is 10.0. The average Bonchev–Trinajstić information content (AvgIpc) is 3.79. The van der Waals surface area contributed by atoms with E-state index in [1.165, 1.54) is 7.11 Å². The fourth-order valence-electron chi connectivity index (χ4n) is 5.41. The second-order valence-electron chi connectivity index (χ2n) is 10.6. The number of H-pyrrole nitrogens is 1. The molecular formula is C31H32N6O3S. The molecule has 9 nitrogen and oxygen atoms in total. The molecule has 0 bridgehead atoms. The quantitative estimate of drug-likeness (QED) is 0.245. The number of methoxy groups -OCH3 is 1. The number of carbonyl (C=O) groups excluding carboxylic acids is 2. The van der Waals surface area contributed by atoms with Crippen LogP contribution in [-0.4, -0.2) is 55.9 Å².